The summed E-state index contributed by atoms with van der Waals surface area (Å²) in [6.45, 7) is 1.60. The minimum absolute atomic E-state index is 0.0402. The molecule has 0 radical (unpaired) electrons. The Morgan fingerprint density at radius 3 is 2.77 bits per heavy atom. The van der Waals surface area contributed by atoms with Crippen molar-refractivity contribution < 1.29 is 27.9 Å². The monoisotopic (exact) mass is 619 g/mol. The fourth-order valence-electron chi connectivity index (χ4n) is 4.93. The lowest BCUT2D eigenvalue weighted by molar-refractivity contribution is -0.146. The third kappa shape index (κ3) is 6.69. The van der Waals surface area contributed by atoms with E-state index >= 15 is 0 Å². The van der Waals surface area contributed by atoms with Gasteiger partial charge in [-0.15, -0.1) is 0 Å². The zero-order valence-electron chi connectivity index (χ0n) is 23.3. The van der Waals surface area contributed by atoms with Gasteiger partial charge in [-0.3, -0.25) is 13.9 Å². The van der Waals surface area contributed by atoms with E-state index in [1.807, 2.05) is 65.2 Å². The Balaban J connectivity index is 1.17. The summed E-state index contributed by atoms with van der Waals surface area (Å²) in [5.74, 6) is -0.233. The number of nitrogens with zero attached hydrogens (tertiary/aromatic N) is 3. The third-order valence-electron chi connectivity index (χ3n) is 7.10. The van der Waals surface area contributed by atoms with Crippen molar-refractivity contribution in [3.8, 4) is 5.75 Å². The second-order valence-corrected chi connectivity index (χ2v) is 12.2. The maximum atomic E-state index is 14.2. The number of esters is 1. The van der Waals surface area contributed by atoms with Crippen molar-refractivity contribution >= 4 is 47.9 Å². The molecule has 2 aromatic heterocycles. The molecule has 13 heteroatoms. The number of rotatable bonds is 11. The van der Waals surface area contributed by atoms with Crippen LogP contribution >= 0.6 is 20.0 Å². The van der Waals surface area contributed by atoms with Gasteiger partial charge in [0.1, 0.15) is 35.8 Å². The van der Waals surface area contributed by atoms with Gasteiger partial charge in [0.05, 0.1) is 25.4 Å². The molecular formula is C30H30N5O6PS. The number of hydrogen-bond donors (Lipinski definition) is 2. The van der Waals surface area contributed by atoms with Crippen molar-refractivity contribution in [2.75, 3.05) is 6.61 Å². The zero-order valence-corrected chi connectivity index (χ0v) is 25.0. The van der Waals surface area contributed by atoms with Crippen LogP contribution in [0.25, 0.3) is 21.9 Å². The predicted octanol–water partition coefficient (Wildman–Crippen LogP) is 6.24. The van der Waals surface area contributed by atoms with Crippen LogP contribution in [0.4, 0.5) is 0 Å². The lowest BCUT2D eigenvalue weighted by Crippen LogP contribution is -2.35. The van der Waals surface area contributed by atoms with Gasteiger partial charge in [0.15, 0.2) is 4.64 Å². The zero-order chi connectivity index (χ0) is 29.8. The van der Waals surface area contributed by atoms with Gasteiger partial charge in [0.2, 0.25) is 0 Å². The van der Waals surface area contributed by atoms with Crippen molar-refractivity contribution in [1.29, 1.82) is 0 Å². The molecule has 0 amide bonds. The van der Waals surface area contributed by atoms with E-state index in [-0.39, 0.29) is 25.5 Å². The van der Waals surface area contributed by atoms with Crippen LogP contribution in [0.3, 0.4) is 0 Å². The minimum atomic E-state index is -4.11. The summed E-state index contributed by atoms with van der Waals surface area (Å²) in [5.41, 5.74) is 2.14. The molecule has 43 heavy (non-hydrogen) atoms. The van der Waals surface area contributed by atoms with Gasteiger partial charge in [-0.05, 0) is 36.8 Å². The van der Waals surface area contributed by atoms with Crippen molar-refractivity contribution in [2.45, 2.75) is 44.7 Å². The number of hydrogen-bond acceptors (Lipinski definition) is 9. The molecule has 6 rings (SSSR count). The van der Waals surface area contributed by atoms with Gasteiger partial charge in [0.25, 0.3) is 0 Å². The molecule has 3 heterocycles. The average Bonchev–Trinajstić information content (AvgIpc) is 3.67. The highest BCUT2D eigenvalue weighted by atomic mass is 32.1. The second-order valence-electron chi connectivity index (χ2n) is 10.2. The molecule has 3 unspecified atom stereocenters. The molecule has 11 nitrogen and oxygen atoms in total. The molecule has 1 saturated heterocycles. The van der Waals surface area contributed by atoms with Crippen LogP contribution in [0, 0.1) is 4.64 Å². The topological polar surface area (TPSA) is 130 Å². The fraction of sp³-hybridized carbons (Fsp3) is 0.267. The molecular weight excluding hydrogens is 589 g/mol. The van der Waals surface area contributed by atoms with E-state index in [0.29, 0.717) is 34.4 Å². The van der Waals surface area contributed by atoms with E-state index in [0.717, 1.165) is 16.3 Å². The Hall–Kier alpha value is -3.93. The Kier molecular flexibility index (Phi) is 8.64. The smallest absolute Gasteiger partial charge is 0.459 e. The van der Waals surface area contributed by atoms with Crippen molar-refractivity contribution in [2.24, 2.45) is 0 Å². The number of aromatic amines is 1. The van der Waals surface area contributed by atoms with Gasteiger partial charge in [-0.1, -0.05) is 78.9 Å². The molecule has 1 fully saturated rings. The normalized spacial score (nSPS) is 18.8. The fourth-order valence-corrected chi connectivity index (χ4v) is 6.67. The third-order valence-corrected chi connectivity index (χ3v) is 9.03. The number of carbonyl (C=O) groups is 1. The molecule has 0 spiro atoms. The SMILES string of the molecule is CC(NP(=O)(OC[C@@H]1CCC(n2cnc3c(=S)nc[nH]c32)O1)Oc1cccc2ccccc12)C(=O)OCc1ccccc1. The number of imidazole rings is 1. The summed E-state index contributed by atoms with van der Waals surface area (Å²) in [7, 11) is -4.11. The highest BCUT2D eigenvalue weighted by molar-refractivity contribution is 7.71. The first-order valence-corrected chi connectivity index (χ1v) is 15.8. The molecule has 2 N–H and O–H groups in total. The summed E-state index contributed by atoms with van der Waals surface area (Å²) < 4.78 is 40.2. The van der Waals surface area contributed by atoms with Crippen LogP contribution in [0.1, 0.15) is 31.6 Å². The molecule has 5 aromatic rings. The number of aromatic nitrogens is 4. The van der Waals surface area contributed by atoms with E-state index in [4.69, 9.17) is 30.7 Å². The molecule has 3 aromatic carbocycles. The Bertz CT molecular complexity index is 1840. The van der Waals surface area contributed by atoms with E-state index in [1.165, 1.54) is 6.33 Å². The lowest BCUT2D eigenvalue weighted by Gasteiger charge is -2.24. The van der Waals surface area contributed by atoms with Crippen molar-refractivity contribution in [3.05, 3.63) is 95.7 Å². The standard InChI is InChI=1S/C30H30N5O6PS/c1-20(30(36)38-16-21-8-3-2-4-9-21)34-42(37,41-25-13-7-11-22-10-5-6-12-24(22)25)39-17-23-14-15-26(40-23)35-19-33-27-28(35)31-18-32-29(27)43/h2-13,18-20,23,26H,14-17H2,1H3,(H,34,37)(H,31,32,43)/t20?,23-,26?,42?/m0/s1. The number of ether oxygens (including phenoxy) is 2. The van der Waals surface area contributed by atoms with Gasteiger partial charge < -0.3 is 19.0 Å². The van der Waals surface area contributed by atoms with E-state index in [1.54, 1.807) is 25.4 Å². The Labute approximate surface area is 252 Å². The number of carbonyl (C=O) groups excluding carboxylic acids is 1. The highest BCUT2D eigenvalue weighted by Crippen LogP contribution is 2.47. The first kappa shape index (κ1) is 29.2. The number of nitrogens with one attached hydrogen (secondary N) is 2. The van der Waals surface area contributed by atoms with Crippen LogP contribution < -0.4 is 9.61 Å². The summed E-state index contributed by atoms with van der Waals surface area (Å²) in [4.78, 5) is 24.4. The van der Waals surface area contributed by atoms with Gasteiger partial charge in [0, 0.05) is 5.39 Å². The van der Waals surface area contributed by atoms with Crippen LogP contribution in [-0.4, -0.2) is 44.2 Å². The maximum Gasteiger partial charge on any atom is 0.459 e. The van der Waals surface area contributed by atoms with Crippen LogP contribution in [-0.2, 0) is 30.0 Å². The van der Waals surface area contributed by atoms with Crippen molar-refractivity contribution in [1.82, 2.24) is 24.6 Å². The molecule has 1 aliphatic rings. The number of H-pyrrole nitrogens is 1. The Morgan fingerprint density at radius 1 is 1.12 bits per heavy atom. The number of fused-ring (bicyclic) bond motifs is 2. The molecule has 1 aliphatic heterocycles. The summed E-state index contributed by atoms with van der Waals surface area (Å²) in [6.07, 6.45) is 3.78. The van der Waals surface area contributed by atoms with E-state index in [2.05, 4.69) is 20.0 Å². The highest BCUT2D eigenvalue weighted by Gasteiger charge is 2.36. The van der Waals surface area contributed by atoms with Crippen LogP contribution in [0.5, 0.6) is 5.75 Å². The molecule has 0 bridgehead atoms. The predicted molar refractivity (Wildman–Crippen MR) is 163 cm³/mol. The van der Waals surface area contributed by atoms with Gasteiger partial charge >= 0.3 is 13.7 Å². The molecule has 0 saturated carbocycles. The van der Waals surface area contributed by atoms with E-state index < -0.39 is 19.8 Å². The number of benzene rings is 3. The van der Waals surface area contributed by atoms with E-state index in [9.17, 15) is 9.36 Å². The molecule has 0 aliphatic carbocycles. The summed E-state index contributed by atoms with van der Waals surface area (Å²) >= 11 is 5.27. The van der Waals surface area contributed by atoms with Gasteiger partial charge in [-0.25, -0.2) is 14.5 Å². The summed E-state index contributed by atoms with van der Waals surface area (Å²) in [6, 6.07) is 21.4. The quantitative estimate of drug-likeness (QED) is 0.0995. The van der Waals surface area contributed by atoms with Crippen molar-refractivity contribution in [3.63, 3.8) is 0 Å². The molecule has 4 atom stereocenters. The molecule has 222 valence electrons. The van der Waals surface area contributed by atoms with Gasteiger partial charge in [-0.2, -0.15) is 5.09 Å². The maximum absolute atomic E-state index is 14.2. The first-order valence-electron chi connectivity index (χ1n) is 13.8. The second kappa shape index (κ2) is 12.7. The van der Waals surface area contributed by atoms with Crippen LogP contribution in [0.15, 0.2) is 85.5 Å². The average molecular weight is 620 g/mol. The van der Waals surface area contributed by atoms with Crippen LogP contribution in [0.2, 0.25) is 0 Å². The summed E-state index contributed by atoms with van der Waals surface area (Å²) in [5, 5.41) is 4.44. The lowest BCUT2D eigenvalue weighted by atomic mass is 10.1. The first-order chi connectivity index (χ1) is 20.9. The largest absolute Gasteiger partial charge is 0.460 e. The Morgan fingerprint density at radius 2 is 1.91 bits per heavy atom. The minimum Gasteiger partial charge on any atom is -0.460 e.